The molecule has 0 heterocycles. The topological polar surface area (TPSA) is 127 Å². The van der Waals surface area contributed by atoms with Gasteiger partial charge in [0.15, 0.2) is 5.11 Å². The van der Waals surface area contributed by atoms with Gasteiger partial charge in [0.05, 0.1) is 9.85 Å². The molecule has 0 fully saturated rings. The molecule has 2 rings (SSSR count). The van der Waals surface area contributed by atoms with Gasteiger partial charge in [0.1, 0.15) is 0 Å². The van der Waals surface area contributed by atoms with Crippen LogP contribution in [0.25, 0.3) is 0 Å². The molecular formula is C15H12N4O5S. The number of aryl methyl sites for hydroxylation is 1. The first kappa shape index (κ1) is 17.9. The van der Waals surface area contributed by atoms with Gasteiger partial charge in [-0.25, -0.2) is 0 Å². The molecule has 0 aliphatic carbocycles. The van der Waals surface area contributed by atoms with E-state index in [1.165, 1.54) is 36.4 Å². The fraction of sp³-hybridized carbons (Fsp3) is 0.0667. The van der Waals surface area contributed by atoms with Crippen molar-refractivity contribution in [1.29, 1.82) is 0 Å². The Balaban J connectivity index is 2.07. The number of thiocarbonyl (C=S) groups is 1. The van der Waals surface area contributed by atoms with Gasteiger partial charge in [-0.05, 0) is 36.8 Å². The van der Waals surface area contributed by atoms with Gasteiger partial charge in [-0.1, -0.05) is 6.07 Å². The van der Waals surface area contributed by atoms with Crippen LogP contribution in [-0.2, 0) is 0 Å². The Kier molecular flexibility index (Phi) is 5.35. The van der Waals surface area contributed by atoms with Crippen molar-refractivity contribution in [3.63, 3.8) is 0 Å². The third-order valence-corrected chi connectivity index (χ3v) is 3.45. The van der Waals surface area contributed by atoms with Crippen LogP contribution in [0.1, 0.15) is 15.9 Å². The highest BCUT2D eigenvalue weighted by atomic mass is 32.1. The lowest BCUT2D eigenvalue weighted by atomic mass is 10.2. The summed E-state index contributed by atoms with van der Waals surface area (Å²) in [6.45, 7) is 1.73. The van der Waals surface area contributed by atoms with Crippen LogP contribution in [0.3, 0.4) is 0 Å². The summed E-state index contributed by atoms with van der Waals surface area (Å²) in [5.74, 6) is -0.560. The quantitative estimate of drug-likeness (QED) is 0.487. The molecule has 0 atom stereocenters. The number of nitro groups is 2. The van der Waals surface area contributed by atoms with Crippen LogP contribution in [-0.4, -0.2) is 20.9 Å². The molecule has 0 aliphatic rings. The zero-order chi connectivity index (χ0) is 18.6. The van der Waals surface area contributed by atoms with Crippen LogP contribution in [0.15, 0.2) is 42.5 Å². The van der Waals surface area contributed by atoms with E-state index in [4.69, 9.17) is 12.2 Å². The van der Waals surface area contributed by atoms with Crippen LogP contribution in [0.5, 0.6) is 0 Å². The summed E-state index contributed by atoms with van der Waals surface area (Å²) in [6, 6.07) is 9.23. The molecular weight excluding hydrogens is 348 g/mol. The molecule has 9 nitrogen and oxygen atoms in total. The fourth-order valence-corrected chi connectivity index (χ4v) is 2.12. The lowest BCUT2D eigenvalue weighted by Crippen LogP contribution is -2.34. The average Bonchev–Trinajstić information content (AvgIpc) is 2.56. The first-order valence-corrected chi connectivity index (χ1v) is 7.30. The van der Waals surface area contributed by atoms with E-state index in [0.29, 0.717) is 11.3 Å². The van der Waals surface area contributed by atoms with Crippen LogP contribution in [0, 0.1) is 27.2 Å². The summed E-state index contributed by atoms with van der Waals surface area (Å²) < 4.78 is 0. The zero-order valence-electron chi connectivity index (χ0n) is 12.9. The Morgan fingerprint density at radius 3 is 2.12 bits per heavy atom. The number of amides is 1. The third kappa shape index (κ3) is 4.54. The average molecular weight is 360 g/mol. The minimum Gasteiger partial charge on any atom is -0.332 e. The Morgan fingerprint density at radius 2 is 1.56 bits per heavy atom. The van der Waals surface area contributed by atoms with Crippen molar-refractivity contribution in [2.75, 3.05) is 5.32 Å². The number of non-ortho nitro benzene ring substituents is 2. The van der Waals surface area contributed by atoms with Crippen LogP contribution in [0.2, 0.25) is 0 Å². The molecule has 0 spiro atoms. The lowest BCUT2D eigenvalue weighted by Gasteiger charge is -2.11. The number of nitro benzene ring substituents is 2. The van der Waals surface area contributed by atoms with E-state index < -0.39 is 15.8 Å². The lowest BCUT2D eigenvalue weighted by molar-refractivity contribution is -0.385. The number of hydrogen-bond acceptors (Lipinski definition) is 6. The first-order valence-electron chi connectivity index (χ1n) is 6.90. The van der Waals surface area contributed by atoms with Crippen LogP contribution < -0.4 is 10.6 Å². The van der Waals surface area contributed by atoms with Crippen molar-refractivity contribution in [3.05, 3.63) is 73.8 Å². The van der Waals surface area contributed by atoms with E-state index in [0.717, 1.165) is 0 Å². The number of rotatable bonds is 4. The van der Waals surface area contributed by atoms with Crippen molar-refractivity contribution in [1.82, 2.24) is 5.32 Å². The fourth-order valence-electron chi connectivity index (χ4n) is 1.92. The van der Waals surface area contributed by atoms with Gasteiger partial charge < -0.3 is 5.32 Å². The second-order valence-electron chi connectivity index (χ2n) is 4.97. The maximum Gasteiger partial charge on any atom is 0.271 e. The van der Waals surface area contributed by atoms with Gasteiger partial charge in [0, 0.05) is 35.5 Å². The van der Waals surface area contributed by atoms with Gasteiger partial charge >= 0.3 is 0 Å². The predicted octanol–water partition coefficient (Wildman–Crippen LogP) is 2.94. The summed E-state index contributed by atoms with van der Waals surface area (Å²) in [6.07, 6.45) is 0. The largest absolute Gasteiger partial charge is 0.332 e. The zero-order valence-corrected chi connectivity index (χ0v) is 13.7. The number of nitrogens with one attached hydrogen (secondary N) is 2. The SMILES string of the molecule is Cc1ccc([N+](=O)[O-])cc1NC(=S)NC(=O)c1ccc([N+](=O)[O-])cc1. The molecule has 25 heavy (non-hydrogen) atoms. The standard InChI is InChI=1S/C15H12N4O5S/c1-9-2-5-12(19(23)24)8-13(9)16-15(25)17-14(20)10-3-6-11(7-4-10)18(21)22/h2-8H,1H3,(H2,16,17,20,25). The van der Waals surface area contributed by atoms with Gasteiger partial charge in [-0.15, -0.1) is 0 Å². The predicted molar refractivity (Wildman–Crippen MR) is 94.6 cm³/mol. The summed E-state index contributed by atoms with van der Waals surface area (Å²) in [5, 5.41) is 26.5. The van der Waals surface area contributed by atoms with Crippen molar-refractivity contribution in [2.45, 2.75) is 6.92 Å². The summed E-state index contributed by atoms with van der Waals surface area (Å²) in [5.41, 5.74) is 1.04. The van der Waals surface area contributed by atoms with Crippen molar-refractivity contribution in [3.8, 4) is 0 Å². The minimum absolute atomic E-state index is 0.0491. The summed E-state index contributed by atoms with van der Waals surface area (Å²) in [4.78, 5) is 32.4. The molecule has 2 aromatic carbocycles. The number of benzene rings is 2. The van der Waals surface area contributed by atoms with Gasteiger partial charge in [-0.3, -0.25) is 30.3 Å². The molecule has 0 saturated carbocycles. The van der Waals surface area contributed by atoms with Crippen LogP contribution >= 0.6 is 12.2 Å². The van der Waals surface area contributed by atoms with E-state index >= 15 is 0 Å². The van der Waals surface area contributed by atoms with E-state index in [2.05, 4.69) is 10.6 Å². The first-order chi connectivity index (χ1) is 11.8. The minimum atomic E-state index is -0.570. The normalized spacial score (nSPS) is 9.96. The molecule has 0 bridgehead atoms. The smallest absolute Gasteiger partial charge is 0.271 e. The van der Waals surface area contributed by atoms with E-state index in [1.807, 2.05) is 0 Å². The Morgan fingerprint density at radius 1 is 1.00 bits per heavy atom. The number of carbonyl (C=O) groups excluding carboxylic acids is 1. The number of carbonyl (C=O) groups is 1. The number of anilines is 1. The number of hydrogen-bond donors (Lipinski definition) is 2. The molecule has 2 aromatic rings. The molecule has 1 amide bonds. The molecule has 0 aromatic heterocycles. The van der Waals surface area contributed by atoms with Gasteiger partial charge in [0.25, 0.3) is 17.3 Å². The molecule has 0 saturated heterocycles. The number of nitrogens with zero attached hydrogens (tertiary/aromatic N) is 2. The van der Waals surface area contributed by atoms with Crippen molar-refractivity contribution in [2.24, 2.45) is 0 Å². The molecule has 2 N–H and O–H groups in total. The summed E-state index contributed by atoms with van der Waals surface area (Å²) >= 11 is 5.03. The van der Waals surface area contributed by atoms with E-state index in [9.17, 15) is 25.0 Å². The molecule has 128 valence electrons. The second kappa shape index (κ2) is 7.45. The molecule has 0 unspecified atom stereocenters. The van der Waals surface area contributed by atoms with Gasteiger partial charge in [-0.2, -0.15) is 0 Å². The summed E-state index contributed by atoms with van der Waals surface area (Å²) in [7, 11) is 0. The highest BCUT2D eigenvalue weighted by Gasteiger charge is 2.13. The van der Waals surface area contributed by atoms with Crippen molar-refractivity contribution < 1.29 is 14.6 Å². The van der Waals surface area contributed by atoms with Crippen LogP contribution in [0.4, 0.5) is 17.1 Å². The molecule has 0 aliphatic heterocycles. The second-order valence-corrected chi connectivity index (χ2v) is 5.38. The Labute approximate surface area is 147 Å². The third-order valence-electron chi connectivity index (χ3n) is 3.25. The monoisotopic (exact) mass is 360 g/mol. The highest BCUT2D eigenvalue weighted by Crippen LogP contribution is 2.21. The highest BCUT2D eigenvalue weighted by molar-refractivity contribution is 7.80. The Bertz CT molecular complexity index is 867. The van der Waals surface area contributed by atoms with E-state index in [1.54, 1.807) is 13.0 Å². The molecule has 0 radical (unpaired) electrons. The Hall–Kier alpha value is -3.40. The molecule has 10 heteroatoms. The maximum atomic E-state index is 12.1. The van der Waals surface area contributed by atoms with Crippen molar-refractivity contribution >= 4 is 40.3 Å². The maximum absolute atomic E-state index is 12.1. The van der Waals surface area contributed by atoms with E-state index in [-0.39, 0.29) is 22.1 Å². The van der Waals surface area contributed by atoms with Gasteiger partial charge in [0.2, 0.25) is 0 Å².